The zero-order chi connectivity index (χ0) is 13.7. The number of benzene rings is 1. The summed E-state index contributed by atoms with van der Waals surface area (Å²) in [5.41, 5.74) is 2.45. The number of hydrogen-bond acceptors (Lipinski definition) is 3. The summed E-state index contributed by atoms with van der Waals surface area (Å²) in [4.78, 5) is 0. The zero-order valence-corrected chi connectivity index (χ0v) is 12.3. The summed E-state index contributed by atoms with van der Waals surface area (Å²) < 4.78 is 11.5. The molecule has 0 unspecified atom stereocenters. The molecule has 0 aromatic heterocycles. The maximum Gasteiger partial charge on any atom is 0.123 e. The Bertz CT molecular complexity index is 411. The Morgan fingerprint density at radius 3 is 2.53 bits per heavy atom. The van der Waals surface area contributed by atoms with Gasteiger partial charge in [0.25, 0.3) is 0 Å². The Morgan fingerprint density at radius 1 is 1.16 bits per heavy atom. The van der Waals surface area contributed by atoms with E-state index in [0.29, 0.717) is 19.1 Å². The van der Waals surface area contributed by atoms with E-state index in [1.165, 1.54) is 18.4 Å². The number of aryl methyl sites for hydroxylation is 1. The number of hydrogen-bond donors (Lipinski definition) is 1. The molecule has 1 N–H and O–H groups in total. The lowest BCUT2D eigenvalue weighted by Gasteiger charge is -2.26. The SMILES string of the molecule is CCOc1cc([C@H]2CCCNC2)c(OCC)cc1C. The van der Waals surface area contributed by atoms with Crippen molar-refractivity contribution in [3.05, 3.63) is 23.3 Å². The van der Waals surface area contributed by atoms with Gasteiger partial charge in [0.15, 0.2) is 0 Å². The van der Waals surface area contributed by atoms with Crippen LogP contribution in [0.2, 0.25) is 0 Å². The predicted molar refractivity (Wildman–Crippen MR) is 78.4 cm³/mol. The first-order chi connectivity index (χ1) is 9.26. The molecule has 106 valence electrons. The fourth-order valence-electron chi connectivity index (χ4n) is 2.71. The molecule has 1 atom stereocenters. The van der Waals surface area contributed by atoms with Crippen LogP contribution in [0.15, 0.2) is 12.1 Å². The number of rotatable bonds is 5. The maximum absolute atomic E-state index is 5.82. The molecule has 3 heteroatoms. The van der Waals surface area contributed by atoms with Crippen molar-refractivity contribution in [3.8, 4) is 11.5 Å². The molecule has 1 aliphatic heterocycles. The van der Waals surface area contributed by atoms with E-state index in [2.05, 4.69) is 24.4 Å². The third-order valence-electron chi connectivity index (χ3n) is 3.64. The molecule has 1 saturated heterocycles. The van der Waals surface area contributed by atoms with E-state index in [0.717, 1.165) is 30.2 Å². The fraction of sp³-hybridized carbons (Fsp3) is 0.625. The van der Waals surface area contributed by atoms with Crippen LogP contribution in [0.3, 0.4) is 0 Å². The van der Waals surface area contributed by atoms with Crippen molar-refractivity contribution < 1.29 is 9.47 Å². The van der Waals surface area contributed by atoms with Gasteiger partial charge in [-0.3, -0.25) is 0 Å². The molecule has 0 saturated carbocycles. The van der Waals surface area contributed by atoms with Crippen LogP contribution in [0.4, 0.5) is 0 Å². The van der Waals surface area contributed by atoms with Crippen LogP contribution in [0.1, 0.15) is 43.7 Å². The standard InChI is InChI=1S/C16H25NO2/c1-4-18-15-10-14(13-7-6-8-17-11-13)16(19-5-2)9-12(15)3/h9-10,13,17H,4-8,11H2,1-3H3/t13-/m0/s1. The molecule has 0 bridgehead atoms. The Kier molecular flexibility index (Phi) is 5.08. The fourth-order valence-corrected chi connectivity index (χ4v) is 2.71. The molecule has 0 spiro atoms. The van der Waals surface area contributed by atoms with Crippen LogP contribution in [-0.4, -0.2) is 26.3 Å². The minimum Gasteiger partial charge on any atom is -0.494 e. The van der Waals surface area contributed by atoms with Gasteiger partial charge in [-0.2, -0.15) is 0 Å². The number of nitrogens with one attached hydrogen (secondary N) is 1. The quantitative estimate of drug-likeness (QED) is 0.884. The average Bonchev–Trinajstić information content (AvgIpc) is 2.43. The minimum absolute atomic E-state index is 0.537. The van der Waals surface area contributed by atoms with Crippen LogP contribution < -0.4 is 14.8 Å². The number of ether oxygens (including phenoxy) is 2. The van der Waals surface area contributed by atoms with E-state index in [4.69, 9.17) is 9.47 Å². The van der Waals surface area contributed by atoms with Crippen molar-refractivity contribution in [1.82, 2.24) is 5.32 Å². The second-order valence-electron chi connectivity index (χ2n) is 5.06. The minimum atomic E-state index is 0.537. The van der Waals surface area contributed by atoms with Gasteiger partial charge >= 0.3 is 0 Å². The Balaban J connectivity index is 2.33. The third-order valence-corrected chi connectivity index (χ3v) is 3.64. The van der Waals surface area contributed by atoms with Gasteiger partial charge < -0.3 is 14.8 Å². The monoisotopic (exact) mass is 263 g/mol. The van der Waals surface area contributed by atoms with Gasteiger partial charge in [-0.15, -0.1) is 0 Å². The third kappa shape index (κ3) is 3.41. The average molecular weight is 263 g/mol. The second-order valence-corrected chi connectivity index (χ2v) is 5.06. The van der Waals surface area contributed by atoms with Gasteiger partial charge in [0, 0.05) is 18.0 Å². The summed E-state index contributed by atoms with van der Waals surface area (Å²) in [5, 5.41) is 3.47. The van der Waals surface area contributed by atoms with E-state index in [1.807, 2.05) is 13.8 Å². The molecule has 19 heavy (non-hydrogen) atoms. The Morgan fingerprint density at radius 2 is 1.89 bits per heavy atom. The van der Waals surface area contributed by atoms with Gasteiger partial charge in [-0.05, 0) is 57.9 Å². The van der Waals surface area contributed by atoms with Crippen LogP contribution in [0, 0.1) is 6.92 Å². The Hall–Kier alpha value is -1.22. The van der Waals surface area contributed by atoms with Crippen molar-refractivity contribution in [1.29, 1.82) is 0 Å². The van der Waals surface area contributed by atoms with E-state index in [9.17, 15) is 0 Å². The molecular formula is C16H25NO2. The first-order valence-electron chi connectivity index (χ1n) is 7.37. The predicted octanol–water partition coefficient (Wildman–Crippen LogP) is 3.26. The van der Waals surface area contributed by atoms with E-state index in [1.54, 1.807) is 0 Å². The summed E-state index contributed by atoms with van der Waals surface area (Å²) >= 11 is 0. The second kappa shape index (κ2) is 6.80. The Labute approximate surface area is 116 Å². The van der Waals surface area contributed by atoms with Crippen LogP contribution >= 0.6 is 0 Å². The topological polar surface area (TPSA) is 30.5 Å². The molecule has 0 amide bonds. The highest BCUT2D eigenvalue weighted by atomic mass is 16.5. The smallest absolute Gasteiger partial charge is 0.123 e. The van der Waals surface area contributed by atoms with E-state index < -0.39 is 0 Å². The molecule has 1 fully saturated rings. The molecule has 0 aliphatic carbocycles. The van der Waals surface area contributed by atoms with Crippen molar-refractivity contribution in [2.75, 3.05) is 26.3 Å². The van der Waals surface area contributed by atoms with Crippen molar-refractivity contribution in [3.63, 3.8) is 0 Å². The zero-order valence-electron chi connectivity index (χ0n) is 12.3. The lowest BCUT2D eigenvalue weighted by atomic mass is 9.90. The van der Waals surface area contributed by atoms with Crippen LogP contribution in [-0.2, 0) is 0 Å². The highest BCUT2D eigenvalue weighted by molar-refractivity contribution is 5.48. The largest absolute Gasteiger partial charge is 0.494 e. The van der Waals surface area contributed by atoms with Crippen LogP contribution in [0.25, 0.3) is 0 Å². The van der Waals surface area contributed by atoms with Gasteiger partial charge in [0.2, 0.25) is 0 Å². The molecule has 0 radical (unpaired) electrons. The van der Waals surface area contributed by atoms with Crippen molar-refractivity contribution >= 4 is 0 Å². The summed E-state index contributed by atoms with van der Waals surface area (Å²) in [5.74, 6) is 2.55. The highest BCUT2D eigenvalue weighted by Gasteiger charge is 2.20. The molecule has 3 nitrogen and oxygen atoms in total. The van der Waals surface area contributed by atoms with E-state index >= 15 is 0 Å². The lowest BCUT2D eigenvalue weighted by Crippen LogP contribution is -2.28. The first kappa shape index (κ1) is 14.2. The van der Waals surface area contributed by atoms with Crippen molar-refractivity contribution in [2.24, 2.45) is 0 Å². The molecule has 1 heterocycles. The highest BCUT2D eigenvalue weighted by Crippen LogP contribution is 2.36. The molecule has 1 aliphatic rings. The van der Waals surface area contributed by atoms with Crippen molar-refractivity contribution in [2.45, 2.75) is 39.5 Å². The van der Waals surface area contributed by atoms with Gasteiger partial charge in [-0.25, -0.2) is 0 Å². The maximum atomic E-state index is 5.82. The normalized spacial score (nSPS) is 19.2. The summed E-state index contributed by atoms with van der Waals surface area (Å²) in [6.45, 7) is 9.72. The molecule has 1 aromatic carbocycles. The molecular weight excluding hydrogens is 238 g/mol. The molecule has 2 rings (SSSR count). The number of piperidine rings is 1. The first-order valence-corrected chi connectivity index (χ1v) is 7.37. The van der Waals surface area contributed by atoms with Gasteiger partial charge in [0.05, 0.1) is 13.2 Å². The summed E-state index contributed by atoms with van der Waals surface area (Å²) in [6, 6.07) is 4.31. The molecule has 1 aromatic rings. The lowest BCUT2D eigenvalue weighted by molar-refractivity contribution is 0.320. The van der Waals surface area contributed by atoms with Crippen LogP contribution in [0.5, 0.6) is 11.5 Å². The van der Waals surface area contributed by atoms with E-state index in [-0.39, 0.29) is 0 Å². The summed E-state index contributed by atoms with van der Waals surface area (Å²) in [6.07, 6.45) is 2.45. The van der Waals surface area contributed by atoms with Gasteiger partial charge in [0.1, 0.15) is 11.5 Å². The summed E-state index contributed by atoms with van der Waals surface area (Å²) in [7, 11) is 0. The van der Waals surface area contributed by atoms with Gasteiger partial charge in [-0.1, -0.05) is 0 Å².